The van der Waals surface area contributed by atoms with Gasteiger partial charge < -0.3 is 5.32 Å². The fourth-order valence-corrected chi connectivity index (χ4v) is 7.52. The van der Waals surface area contributed by atoms with Crippen LogP contribution in [-0.2, 0) is 9.84 Å². The van der Waals surface area contributed by atoms with Crippen LogP contribution in [0.1, 0.15) is 38.5 Å². The van der Waals surface area contributed by atoms with E-state index in [1.807, 2.05) is 0 Å². The quantitative estimate of drug-likeness (QED) is 0.859. The Labute approximate surface area is 116 Å². The van der Waals surface area contributed by atoms with Gasteiger partial charge in [0.25, 0.3) is 0 Å². The van der Waals surface area contributed by atoms with E-state index in [2.05, 4.69) is 5.32 Å². The average molecular weight is 283 g/mol. The van der Waals surface area contributed by atoms with E-state index in [1.54, 1.807) is 0 Å². The minimum absolute atomic E-state index is 0.378. The Bertz CT molecular complexity index is 461. The molecule has 1 N–H and O–H groups in total. The van der Waals surface area contributed by atoms with Crippen LogP contribution in [0.3, 0.4) is 0 Å². The van der Waals surface area contributed by atoms with Crippen molar-refractivity contribution in [2.75, 3.05) is 18.1 Å². The first-order valence-corrected chi connectivity index (χ1v) is 9.88. The molecule has 1 saturated heterocycles. The molecule has 2 bridgehead atoms. The van der Waals surface area contributed by atoms with Crippen LogP contribution in [0.4, 0.5) is 0 Å². The van der Waals surface area contributed by atoms with Crippen molar-refractivity contribution < 1.29 is 8.42 Å². The van der Waals surface area contributed by atoms with Crippen molar-refractivity contribution in [3.63, 3.8) is 0 Å². The summed E-state index contributed by atoms with van der Waals surface area (Å²) in [5.74, 6) is 5.17. The van der Waals surface area contributed by atoms with Crippen LogP contribution in [0.2, 0.25) is 0 Å². The summed E-state index contributed by atoms with van der Waals surface area (Å²) in [6, 6.07) is 0.702. The summed E-state index contributed by atoms with van der Waals surface area (Å²) in [5, 5.41) is 3.74. The fraction of sp³-hybridized carbons (Fsp3) is 1.00. The van der Waals surface area contributed by atoms with E-state index in [0.29, 0.717) is 23.5 Å². The molecular weight excluding hydrogens is 258 g/mol. The third-order valence-electron chi connectivity index (χ3n) is 6.42. The van der Waals surface area contributed by atoms with Crippen LogP contribution in [-0.4, -0.2) is 32.5 Å². The van der Waals surface area contributed by atoms with Crippen LogP contribution < -0.4 is 5.32 Å². The van der Waals surface area contributed by atoms with Crippen molar-refractivity contribution >= 4 is 9.84 Å². The lowest BCUT2D eigenvalue weighted by molar-refractivity contribution is 0.205. The number of hydrogen-bond donors (Lipinski definition) is 1. The van der Waals surface area contributed by atoms with Crippen molar-refractivity contribution in [3.05, 3.63) is 0 Å². The minimum Gasteiger partial charge on any atom is -0.313 e. The van der Waals surface area contributed by atoms with Crippen molar-refractivity contribution in [3.8, 4) is 0 Å². The van der Waals surface area contributed by atoms with Gasteiger partial charge >= 0.3 is 0 Å². The molecule has 108 valence electrons. The van der Waals surface area contributed by atoms with E-state index in [-0.39, 0.29) is 0 Å². The lowest BCUT2D eigenvalue weighted by atomic mass is 9.79. The van der Waals surface area contributed by atoms with E-state index in [9.17, 15) is 8.42 Å². The van der Waals surface area contributed by atoms with Gasteiger partial charge in [0.2, 0.25) is 0 Å². The Morgan fingerprint density at radius 2 is 1.84 bits per heavy atom. The third-order valence-corrected chi connectivity index (χ3v) is 8.26. The van der Waals surface area contributed by atoms with Crippen molar-refractivity contribution in [1.82, 2.24) is 5.32 Å². The van der Waals surface area contributed by atoms with E-state index < -0.39 is 9.84 Å². The van der Waals surface area contributed by atoms with Gasteiger partial charge in [-0.3, -0.25) is 0 Å². The van der Waals surface area contributed by atoms with Crippen LogP contribution >= 0.6 is 0 Å². The molecule has 0 aromatic carbocycles. The lowest BCUT2D eigenvalue weighted by Crippen LogP contribution is -2.41. The molecule has 0 aromatic rings. The normalized spacial score (nSPS) is 50.7. The van der Waals surface area contributed by atoms with Crippen molar-refractivity contribution in [1.29, 1.82) is 0 Å². The number of sulfone groups is 1. The van der Waals surface area contributed by atoms with Crippen LogP contribution in [0.25, 0.3) is 0 Å². The molecule has 3 aliphatic carbocycles. The largest absolute Gasteiger partial charge is 0.313 e. The third kappa shape index (κ3) is 2.15. The van der Waals surface area contributed by atoms with E-state index in [4.69, 9.17) is 0 Å². The molecule has 4 aliphatic rings. The van der Waals surface area contributed by atoms with Crippen LogP contribution in [0.15, 0.2) is 0 Å². The van der Waals surface area contributed by atoms with Crippen molar-refractivity contribution in [2.24, 2.45) is 29.6 Å². The van der Waals surface area contributed by atoms with Crippen LogP contribution in [0, 0.1) is 29.6 Å². The first kappa shape index (κ1) is 12.6. The zero-order chi connectivity index (χ0) is 13.0. The molecule has 1 heterocycles. The second-order valence-corrected chi connectivity index (χ2v) is 9.67. The lowest BCUT2D eigenvalue weighted by Gasteiger charge is -2.32. The highest BCUT2D eigenvalue weighted by Gasteiger charge is 2.53. The predicted molar refractivity (Wildman–Crippen MR) is 75.6 cm³/mol. The second-order valence-electron chi connectivity index (χ2n) is 7.44. The molecule has 0 spiro atoms. The van der Waals surface area contributed by atoms with Gasteiger partial charge in [-0.2, -0.15) is 0 Å². The number of nitrogens with one attached hydrogen (secondary N) is 1. The van der Waals surface area contributed by atoms with E-state index in [1.165, 1.54) is 32.1 Å². The Morgan fingerprint density at radius 3 is 2.63 bits per heavy atom. The summed E-state index contributed by atoms with van der Waals surface area (Å²) in [6.07, 6.45) is 8.10. The molecule has 3 saturated carbocycles. The number of rotatable bonds is 3. The maximum absolute atomic E-state index is 11.5. The Hall–Kier alpha value is -0.0900. The fourth-order valence-electron chi connectivity index (χ4n) is 5.65. The first-order chi connectivity index (χ1) is 9.12. The summed E-state index contributed by atoms with van der Waals surface area (Å²) in [6.45, 7) is 0.935. The summed E-state index contributed by atoms with van der Waals surface area (Å²) < 4.78 is 23.0. The summed E-state index contributed by atoms with van der Waals surface area (Å²) in [7, 11) is -2.71. The van der Waals surface area contributed by atoms with Crippen molar-refractivity contribution in [2.45, 2.75) is 44.6 Å². The van der Waals surface area contributed by atoms with Gasteiger partial charge in [-0.05, 0) is 68.2 Å². The monoisotopic (exact) mass is 283 g/mol. The van der Waals surface area contributed by atoms with Gasteiger partial charge in [0.1, 0.15) is 0 Å². The van der Waals surface area contributed by atoms with E-state index >= 15 is 0 Å². The Balaban J connectivity index is 1.33. The molecule has 1 aliphatic heterocycles. The maximum atomic E-state index is 11.5. The molecule has 19 heavy (non-hydrogen) atoms. The number of fused-ring (bicyclic) bond motifs is 5. The van der Waals surface area contributed by atoms with E-state index in [0.717, 1.165) is 36.6 Å². The smallest absolute Gasteiger partial charge is 0.150 e. The zero-order valence-electron chi connectivity index (χ0n) is 11.6. The molecule has 6 atom stereocenters. The zero-order valence-corrected chi connectivity index (χ0v) is 12.4. The molecule has 0 amide bonds. The van der Waals surface area contributed by atoms with Gasteiger partial charge in [-0.25, -0.2) is 8.42 Å². The molecule has 4 heteroatoms. The molecule has 3 nitrogen and oxygen atoms in total. The predicted octanol–water partition coefficient (Wildman–Crippen LogP) is 1.84. The standard InChI is InChI=1S/C15H25NO2S/c17-19(18)5-4-10(9-19)8-16-15-7-11-6-14(15)13-3-1-2-12(11)13/h10-16H,1-9H2. The van der Waals surface area contributed by atoms with Crippen LogP contribution in [0.5, 0.6) is 0 Å². The molecule has 0 radical (unpaired) electrons. The Morgan fingerprint density at radius 1 is 1.00 bits per heavy atom. The van der Waals surface area contributed by atoms with Gasteiger partial charge in [-0.1, -0.05) is 6.42 Å². The maximum Gasteiger partial charge on any atom is 0.150 e. The van der Waals surface area contributed by atoms with Gasteiger partial charge in [0.05, 0.1) is 11.5 Å². The highest BCUT2D eigenvalue weighted by molar-refractivity contribution is 7.91. The SMILES string of the molecule is O=S1(=O)CCC(CNC2CC3CC2C2CCCC32)C1. The highest BCUT2D eigenvalue weighted by Crippen LogP contribution is 2.58. The molecule has 0 aromatic heterocycles. The van der Waals surface area contributed by atoms with Gasteiger partial charge in [-0.15, -0.1) is 0 Å². The summed E-state index contributed by atoms with van der Waals surface area (Å²) in [5.41, 5.74) is 0. The number of hydrogen-bond acceptors (Lipinski definition) is 3. The highest BCUT2D eigenvalue weighted by atomic mass is 32.2. The van der Waals surface area contributed by atoms with Gasteiger partial charge in [0, 0.05) is 6.04 Å². The summed E-state index contributed by atoms with van der Waals surface area (Å²) in [4.78, 5) is 0. The first-order valence-electron chi connectivity index (χ1n) is 8.06. The molecule has 6 unspecified atom stereocenters. The average Bonchev–Trinajstić information content (AvgIpc) is 3.05. The molecule has 4 rings (SSSR count). The van der Waals surface area contributed by atoms with Gasteiger partial charge in [0.15, 0.2) is 9.84 Å². The summed E-state index contributed by atoms with van der Waals surface area (Å²) >= 11 is 0. The minimum atomic E-state index is -2.71. The molecule has 4 fully saturated rings. The molecular formula is C15H25NO2S. The Kier molecular flexibility index (Phi) is 2.96. The second kappa shape index (κ2) is 4.45. The topological polar surface area (TPSA) is 46.2 Å².